The maximum Gasteiger partial charge on any atom is 0.309 e. The van der Waals surface area contributed by atoms with Crippen molar-refractivity contribution < 1.29 is 19.1 Å². The molecule has 0 radical (unpaired) electrons. The van der Waals surface area contributed by atoms with Crippen LogP contribution >= 0.6 is 0 Å². The summed E-state index contributed by atoms with van der Waals surface area (Å²) in [6.07, 6.45) is 2.21. The smallest absolute Gasteiger partial charge is 0.309 e. The zero-order valence-electron chi connectivity index (χ0n) is 13.8. The molecule has 0 spiro atoms. The summed E-state index contributed by atoms with van der Waals surface area (Å²) < 4.78 is 10.5. The fourth-order valence-electron chi connectivity index (χ4n) is 3.15. The van der Waals surface area contributed by atoms with Crippen LogP contribution in [0.5, 0.6) is 11.5 Å². The number of carbonyl (C=O) groups is 2. The van der Waals surface area contributed by atoms with E-state index in [1.54, 1.807) is 12.1 Å². The molecule has 0 saturated carbocycles. The molecule has 1 saturated heterocycles. The summed E-state index contributed by atoms with van der Waals surface area (Å²) in [5, 5.41) is 5.36. The third-order valence-electron chi connectivity index (χ3n) is 4.50. The van der Waals surface area contributed by atoms with Crippen molar-refractivity contribution in [2.45, 2.75) is 32.4 Å². The molecule has 1 fully saturated rings. The largest absolute Gasteiger partial charge is 0.454 e. The summed E-state index contributed by atoms with van der Waals surface area (Å²) in [6, 6.07) is 5.77. The Kier molecular flexibility index (Phi) is 5.20. The molecule has 7 nitrogen and oxygen atoms in total. The van der Waals surface area contributed by atoms with E-state index < -0.39 is 11.8 Å². The van der Waals surface area contributed by atoms with Crippen molar-refractivity contribution in [2.75, 3.05) is 26.4 Å². The van der Waals surface area contributed by atoms with Crippen LogP contribution in [0.2, 0.25) is 0 Å². The summed E-state index contributed by atoms with van der Waals surface area (Å²) >= 11 is 0. The van der Waals surface area contributed by atoms with E-state index in [0.29, 0.717) is 24.1 Å². The van der Waals surface area contributed by atoms with Crippen molar-refractivity contribution in [3.63, 3.8) is 0 Å². The summed E-state index contributed by atoms with van der Waals surface area (Å²) in [5.41, 5.74) is 0.855. The first kappa shape index (κ1) is 16.6. The van der Waals surface area contributed by atoms with E-state index in [1.165, 1.54) is 0 Å². The van der Waals surface area contributed by atoms with E-state index in [-0.39, 0.29) is 13.3 Å². The number of fused-ring (bicyclic) bond motifs is 1. The molecule has 0 bridgehead atoms. The van der Waals surface area contributed by atoms with E-state index in [0.717, 1.165) is 31.5 Å². The van der Waals surface area contributed by atoms with E-state index in [4.69, 9.17) is 9.47 Å². The van der Waals surface area contributed by atoms with Gasteiger partial charge in [-0.15, -0.1) is 0 Å². The van der Waals surface area contributed by atoms with Crippen molar-refractivity contribution in [3.05, 3.63) is 23.8 Å². The molecular weight excluding hydrogens is 310 g/mol. The van der Waals surface area contributed by atoms with Gasteiger partial charge in [-0.25, -0.2) is 0 Å². The molecule has 130 valence electrons. The van der Waals surface area contributed by atoms with Gasteiger partial charge in [-0.05, 0) is 43.6 Å². The Labute approximate surface area is 141 Å². The van der Waals surface area contributed by atoms with Crippen LogP contribution in [0.25, 0.3) is 0 Å². The van der Waals surface area contributed by atoms with Crippen molar-refractivity contribution in [2.24, 2.45) is 0 Å². The summed E-state index contributed by atoms with van der Waals surface area (Å²) in [5.74, 6) is 0.152. The lowest BCUT2D eigenvalue weighted by Crippen LogP contribution is -2.45. The molecule has 2 aliphatic heterocycles. The Bertz CT molecular complexity index is 620. The van der Waals surface area contributed by atoms with Crippen LogP contribution in [-0.4, -0.2) is 49.2 Å². The highest BCUT2D eigenvalue weighted by atomic mass is 16.7. The second kappa shape index (κ2) is 7.53. The van der Waals surface area contributed by atoms with Gasteiger partial charge in [0.15, 0.2) is 11.5 Å². The monoisotopic (exact) mass is 333 g/mol. The van der Waals surface area contributed by atoms with Gasteiger partial charge in [0.2, 0.25) is 6.79 Å². The van der Waals surface area contributed by atoms with Crippen molar-refractivity contribution >= 4 is 11.8 Å². The van der Waals surface area contributed by atoms with Crippen LogP contribution < -0.4 is 20.1 Å². The molecular formula is C17H23N3O4. The van der Waals surface area contributed by atoms with E-state index in [2.05, 4.69) is 22.5 Å². The number of likely N-dealkylation sites (N-methyl/N-ethyl adjacent to an activating group) is 1. The number of rotatable bonds is 5. The van der Waals surface area contributed by atoms with Crippen LogP contribution in [0.4, 0.5) is 0 Å². The van der Waals surface area contributed by atoms with Crippen molar-refractivity contribution in [1.29, 1.82) is 0 Å². The normalized spacial score (nSPS) is 19.3. The molecule has 1 aromatic rings. The minimum absolute atomic E-state index is 0.212. The lowest BCUT2D eigenvalue weighted by atomic mass is 10.2. The maximum atomic E-state index is 11.9. The van der Waals surface area contributed by atoms with Crippen molar-refractivity contribution in [3.8, 4) is 11.5 Å². The highest BCUT2D eigenvalue weighted by Gasteiger charge is 2.24. The summed E-state index contributed by atoms with van der Waals surface area (Å²) in [4.78, 5) is 26.2. The van der Waals surface area contributed by atoms with Crippen LogP contribution in [-0.2, 0) is 16.1 Å². The van der Waals surface area contributed by atoms with Crippen LogP contribution in [0.1, 0.15) is 25.3 Å². The molecule has 7 heteroatoms. The maximum absolute atomic E-state index is 11.9. The minimum Gasteiger partial charge on any atom is -0.454 e. The molecule has 0 unspecified atom stereocenters. The summed E-state index contributed by atoms with van der Waals surface area (Å²) in [7, 11) is 0. The topological polar surface area (TPSA) is 79.9 Å². The van der Waals surface area contributed by atoms with Gasteiger partial charge in [-0.2, -0.15) is 0 Å². The molecule has 3 rings (SSSR count). The molecule has 2 aliphatic rings. The number of likely N-dealkylation sites (tertiary alicyclic amines) is 1. The number of amides is 2. The third-order valence-corrected chi connectivity index (χ3v) is 4.50. The standard InChI is InChI=1S/C17H23N3O4/c1-2-20-7-3-4-13(20)10-19-17(22)16(21)18-9-12-5-6-14-15(8-12)24-11-23-14/h5-6,8,13H,2-4,7,9-11H2,1H3,(H,18,21)(H,19,22)/t13-/m1/s1. The SMILES string of the molecule is CCN1CCC[C@@H]1CNC(=O)C(=O)NCc1ccc2c(c1)OCO2. The lowest BCUT2D eigenvalue weighted by Gasteiger charge is -2.22. The fourth-order valence-corrected chi connectivity index (χ4v) is 3.15. The Morgan fingerprint density at radius 2 is 2.00 bits per heavy atom. The molecule has 0 aliphatic carbocycles. The predicted octanol–water partition coefficient (Wildman–Crippen LogP) is 0.632. The van der Waals surface area contributed by atoms with Crippen LogP contribution in [0.15, 0.2) is 18.2 Å². The number of ether oxygens (including phenoxy) is 2. The number of nitrogens with zero attached hydrogens (tertiary/aromatic N) is 1. The lowest BCUT2D eigenvalue weighted by molar-refractivity contribution is -0.139. The van der Waals surface area contributed by atoms with Gasteiger partial charge in [0.1, 0.15) is 0 Å². The van der Waals surface area contributed by atoms with E-state index >= 15 is 0 Å². The number of benzene rings is 1. The molecule has 24 heavy (non-hydrogen) atoms. The van der Waals surface area contributed by atoms with Gasteiger partial charge < -0.3 is 20.1 Å². The Hall–Kier alpha value is -2.28. The van der Waals surface area contributed by atoms with Gasteiger partial charge in [0, 0.05) is 19.1 Å². The Morgan fingerprint density at radius 1 is 1.21 bits per heavy atom. The molecule has 2 amide bonds. The van der Waals surface area contributed by atoms with E-state index in [1.807, 2.05) is 6.07 Å². The number of hydrogen-bond acceptors (Lipinski definition) is 5. The first-order valence-electron chi connectivity index (χ1n) is 8.36. The molecule has 1 atom stereocenters. The zero-order valence-corrected chi connectivity index (χ0v) is 13.8. The van der Waals surface area contributed by atoms with Gasteiger partial charge in [-0.1, -0.05) is 13.0 Å². The number of nitrogens with one attached hydrogen (secondary N) is 2. The Balaban J connectivity index is 1.43. The average Bonchev–Trinajstić information content (AvgIpc) is 3.25. The zero-order chi connectivity index (χ0) is 16.9. The first-order chi connectivity index (χ1) is 11.7. The van der Waals surface area contributed by atoms with Gasteiger partial charge in [-0.3, -0.25) is 14.5 Å². The van der Waals surface area contributed by atoms with Gasteiger partial charge in [0.05, 0.1) is 0 Å². The third kappa shape index (κ3) is 3.79. The molecule has 0 aromatic heterocycles. The predicted molar refractivity (Wildman–Crippen MR) is 87.7 cm³/mol. The van der Waals surface area contributed by atoms with Crippen LogP contribution in [0, 0.1) is 0 Å². The first-order valence-corrected chi connectivity index (χ1v) is 8.36. The van der Waals surface area contributed by atoms with Crippen LogP contribution in [0.3, 0.4) is 0 Å². The molecule has 1 aromatic carbocycles. The molecule has 2 heterocycles. The minimum atomic E-state index is -0.617. The Morgan fingerprint density at radius 3 is 2.83 bits per heavy atom. The average molecular weight is 333 g/mol. The quantitative estimate of drug-likeness (QED) is 0.773. The van der Waals surface area contributed by atoms with E-state index in [9.17, 15) is 9.59 Å². The highest BCUT2D eigenvalue weighted by Crippen LogP contribution is 2.32. The fraction of sp³-hybridized carbons (Fsp3) is 0.529. The number of carbonyl (C=O) groups excluding carboxylic acids is 2. The molecule has 2 N–H and O–H groups in total. The van der Waals surface area contributed by atoms with Gasteiger partial charge >= 0.3 is 11.8 Å². The highest BCUT2D eigenvalue weighted by molar-refractivity contribution is 6.35. The number of hydrogen-bond donors (Lipinski definition) is 2. The second-order valence-corrected chi connectivity index (χ2v) is 6.00. The van der Waals surface area contributed by atoms with Crippen molar-refractivity contribution in [1.82, 2.24) is 15.5 Å². The summed E-state index contributed by atoms with van der Waals surface area (Å²) in [6.45, 7) is 5.14. The van der Waals surface area contributed by atoms with Gasteiger partial charge in [0.25, 0.3) is 0 Å². The second-order valence-electron chi connectivity index (χ2n) is 6.00.